The molecule has 5 nitrogen and oxygen atoms in total. The molecule has 0 saturated carbocycles. The molecule has 0 aromatic heterocycles. The predicted octanol–water partition coefficient (Wildman–Crippen LogP) is 5.28. The Hall–Kier alpha value is -2.70. The molecule has 2 heterocycles. The van der Waals surface area contributed by atoms with Gasteiger partial charge < -0.3 is 4.90 Å². The van der Waals surface area contributed by atoms with Crippen LogP contribution in [0.3, 0.4) is 0 Å². The number of carbonyl (C=O) groups is 2. The third-order valence-corrected chi connectivity index (χ3v) is 6.76. The first-order valence-electron chi connectivity index (χ1n) is 10.7. The number of amides is 2. The van der Waals surface area contributed by atoms with Crippen LogP contribution >= 0.6 is 23.8 Å². The van der Waals surface area contributed by atoms with Gasteiger partial charge in [-0.3, -0.25) is 19.8 Å². The summed E-state index contributed by atoms with van der Waals surface area (Å²) < 4.78 is 0. The highest BCUT2D eigenvalue weighted by atomic mass is 35.5. The largest absolute Gasteiger partial charge is 0.366 e. The molecule has 1 N–H and O–H groups in total. The molecule has 166 valence electrons. The fourth-order valence-electron chi connectivity index (χ4n) is 4.85. The van der Waals surface area contributed by atoms with E-state index in [1.807, 2.05) is 6.07 Å². The van der Waals surface area contributed by atoms with Crippen LogP contribution in [0.25, 0.3) is 6.08 Å². The summed E-state index contributed by atoms with van der Waals surface area (Å²) in [6.45, 7) is 9.85. The number of carbonyl (C=O) groups excluding carboxylic acids is 2. The smallest absolute Gasteiger partial charge is 0.270 e. The van der Waals surface area contributed by atoms with Gasteiger partial charge in [-0.1, -0.05) is 24.6 Å². The lowest BCUT2D eigenvalue weighted by Crippen LogP contribution is -2.54. The number of thiocarbonyl (C=S) groups is 1. The van der Waals surface area contributed by atoms with E-state index in [-0.39, 0.29) is 16.2 Å². The van der Waals surface area contributed by atoms with Crippen LogP contribution in [-0.4, -0.2) is 29.0 Å². The van der Waals surface area contributed by atoms with Crippen LogP contribution < -0.4 is 15.1 Å². The van der Waals surface area contributed by atoms with Crippen LogP contribution in [0, 0.1) is 0 Å². The van der Waals surface area contributed by atoms with Crippen molar-refractivity contribution >= 4 is 58.2 Å². The number of nitrogens with one attached hydrogen (secondary N) is 1. The van der Waals surface area contributed by atoms with E-state index in [0.29, 0.717) is 16.6 Å². The monoisotopic (exact) mass is 467 g/mol. The van der Waals surface area contributed by atoms with Gasteiger partial charge in [0.1, 0.15) is 5.57 Å². The minimum atomic E-state index is -0.493. The predicted molar refractivity (Wildman–Crippen MR) is 134 cm³/mol. The molecular formula is C25H26ClN3O2S. The van der Waals surface area contributed by atoms with Crippen molar-refractivity contribution in [2.75, 3.05) is 16.3 Å². The first-order valence-corrected chi connectivity index (χ1v) is 11.5. The molecule has 0 aliphatic carbocycles. The number of anilines is 2. The summed E-state index contributed by atoms with van der Waals surface area (Å²) in [4.78, 5) is 29.6. The summed E-state index contributed by atoms with van der Waals surface area (Å²) in [7, 11) is 0. The van der Waals surface area contributed by atoms with Crippen molar-refractivity contribution in [3.63, 3.8) is 0 Å². The van der Waals surface area contributed by atoms with Crippen LogP contribution in [0.1, 0.15) is 51.2 Å². The van der Waals surface area contributed by atoms with Gasteiger partial charge in [0.2, 0.25) is 0 Å². The molecule has 0 bridgehead atoms. The molecule has 2 aliphatic rings. The fraction of sp³-hybridized carbons (Fsp3) is 0.320. The molecule has 4 rings (SSSR count). The third kappa shape index (κ3) is 3.93. The summed E-state index contributed by atoms with van der Waals surface area (Å²) >= 11 is 11.2. The van der Waals surface area contributed by atoms with Crippen molar-refractivity contribution in [3.05, 3.63) is 64.2 Å². The zero-order chi connectivity index (χ0) is 23.2. The number of hydrogen-bond donors (Lipinski definition) is 1. The Morgan fingerprint density at radius 2 is 1.88 bits per heavy atom. The van der Waals surface area contributed by atoms with Gasteiger partial charge in [0, 0.05) is 22.8 Å². The lowest BCUT2D eigenvalue weighted by Gasteiger charge is -2.47. The lowest BCUT2D eigenvalue weighted by molar-refractivity contribution is -0.122. The van der Waals surface area contributed by atoms with Gasteiger partial charge in [-0.2, -0.15) is 0 Å². The van der Waals surface area contributed by atoms with Crippen molar-refractivity contribution in [2.24, 2.45) is 0 Å². The van der Waals surface area contributed by atoms with Crippen molar-refractivity contribution in [2.45, 2.75) is 45.6 Å². The molecule has 2 aromatic carbocycles. The molecule has 1 atom stereocenters. The molecule has 2 amide bonds. The Kier molecular flexibility index (Phi) is 5.86. The molecule has 7 heteroatoms. The van der Waals surface area contributed by atoms with Crippen LogP contribution in [0.5, 0.6) is 0 Å². The Bertz CT molecular complexity index is 1140. The summed E-state index contributed by atoms with van der Waals surface area (Å²) in [6, 6.07) is 12.9. The van der Waals surface area contributed by atoms with E-state index in [1.54, 1.807) is 30.3 Å². The second-order valence-electron chi connectivity index (χ2n) is 8.91. The molecular weight excluding hydrogens is 442 g/mol. The number of benzene rings is 2. The topological polar surface area (TPSA) is 52.7 Å². The molecule has 0 unspecified atom stereocenters. The van der Waals surface area contributed by atoms with Crippen molar-refractivity contribution in [1.82, 2.24) is 5.32 Å². The summed E-state index contributed by atoms with van der Waals surface area (Å²) in [5, 5.41) is 3.24. The molecule has 1 saturated heterocycles. The minimum Gasteiger partial charge on any atom is -0.366 e. The zero-order valence-electron chi connectivity index (χ0n) is 18.6. The van der Waals surface area contributed by atoms with E-state index < -0.39 is 11.8 Å². The molecule has 0 spiro atoms. The average Bonchev–Trinajstić information content (AvgIpc) is 2.72. The number of hydrogen-bond acceptors (Lipinski definition) is 4. The highest BCUT2D eigenvalue weighted by Gasteiger charge is 2.36. The molecule has 2 aromatic rings. The Morgan fingerprint density at radius 3 is 2.53 bits per heavy atom. The molecule has 1 fully saturated rings. The first kappa shape index (κ1) is 22.5. The second kappa shape index (κ2) is 8.34. The molecule has 2 aliphatic heterocycles. The first-order chi connectivity index (χ1) is 15.1. The van der Waals surface area contributed by atoms with E-state index in [1.165, 1.54) is 16.2 Å². The van der Waals surface area contributed by atoms with E-state index in [9.17, 15) is 9.59 Å². The highest BCUT2D eigenvalue weighted by Crippen LogP contribution is 2.43. The number of rotatable bonds is 3. The second-order valence-corrected chi connectivity index (χ2v) is 9.74. The van der Waals surface area contributed by atoms with Gasteiger partial charge in [0.25, 0.3) is 11.8 Å². The van der Waals surface area contributed by atoms with Gasteiger partial charge in [-0.15, -0.1) is 0 Å². The normalized spacial score (nSPS) is 21.6. The maximum atomic E-state index is 13.2. The van der Waals surface area contributed by atoms with Crippen LogP contribution in [-0.2, 0) is 9.59 Å². The van der Waals surface area contributed by atoms with Crippen molar-refractivity contribution < 1.29 is 9.59 Å². The quantitative estimate of drug-likeness (QED) is 0.379. The Labute approximate surface area is 199 Å². The zero-order valence-corrected chi connectivity index (χ0v) is 20.2. The molecule has 0 radical (unpaired) electrons. The van der Waals surface area contributed by atoms with Crippen molar-refractivity contribution in [3.8, 4) is 0 Å². The van der Waals surface area contributed by atoms with Crippen LogP contribution in [0.4, 0.5) is 11.4 Å². The van der Waals surface area contributed by atoms with Crippen LogP contribution in [0.15, 0.2) is 48.0 Å². The lowest BCUT2D eigenvalue weighted by atomic mass is 9.79. The maximum Gasteiger partial charge on any atom is 0.270 e. The number of fused-ring (bicyclic) bond motifs is 1. The van der Waals surface area contributed by atoms with Gasteiger partial charge in [0.15, 0.2) is 5.11 Å². The number of halogens is 1. The van der Waals surface area contributed by atoms with E-state index in [2.05, 4.69) is 50.0 Å². The van der Waals surface area contributed by atoms with Crippen LogP contribution in [0.2, 0.25) is 5.02 Å². The van der Waals surface area contributed by atoms with Gasteiger partial charge >= 0.3 is 0 Å². The Balaban J connectivity index is 1.72. The average molecular weight is 468 g/mol. The third-order valence-electron chi connectivity index (χ3n) is 6.22. The summed E-state index contributed by atoms with van der Waals surface area (Å²) in [5.41, 5.74) is 3.93. The summed E-state index contributed by atoms with van der Waals surface area (Å²) in [6.07, 6.45) is 2.68. The van der Waals surface area contributed by atoms with E-state index >= 15 is 0 Å². The van der Waals surface area contributed by atoms with Gasteiger partial charge in [-0.25, -0.2) is 0 Å². The van der Waals surface area contributed by atoms with Gasteiger partial charge in [0.05, 0.1) is 5.69 Å². The fourth-order valence-corrected chi connectivity index (χ4v) is 5.25. The van der Waals surface area contributed by atoms with E-state index in [4.69, 9.17) is 23.8 Å². The SMILES string of the molecule is CCN1c2ccc(/C=C3\C(=O)NC(=S)N(c4ccc(Cl)cc4)C3=O)cc2[C@H](C)CC1(C)C. The Morgan fingerprint density at radius 1 is 1.19 bits per heavy atom. The standard InChI is InChI=1S/C25H26ClN3O2S/c1-5-28-21-11-6-16(12-19(21)15(2)14-25(28,3)4)13-20-22(30)27-24(32)29(23(20)31)18-9-7-17(26)8-10-18/h6-13,15H,5,14H2,1-4H3,(H,27,30,32)/b20-13+/t15-/m1/s1. The van der Waals surface area contributed by atoms with E-state index in [0.717, 1.165) is 18.5 Å². The maximum absolute atomic E-state index is 13.2. The minimum absolute atomic E-state index is 0.0460. The van der Waals surface area contributed by atoms with Gasteiger partial charge in [-0.05, 0) is 98.9 Å². The summed E-state index contributed by atoms with van der Waals surface area (Å²) in [5.74, 6) is -0.578. The molecule has 32 heavy (non-hydrogen) atoms. The highest BCUT2D eigenvalue weighted by molar-refractivity contribution is 7.80. The number of nitrogens with zero attached hydrogens (tertiary/aromatic N) is 2. The van der Waals surface area contributed by atoms with Crippen molar-refractivity contribution in [1.29, 1.82) is 0 Å².